The highest BCUT2D eigenvalue weighted by Crippen LogP contribution is 2.16. The predicted molar refractivity (Wildman–Crippen MR) is 57.9 cm³/mol. The van der Waals surface area contributed by atoms with Gasteiger partial charge in [-0.15, -0.1) is 0 Å². The molecule has 0 saturated carbocycles. The molecule has 0 radical (unpaired) electrons. The summed E-state index contributed by atoms with van der Waals surface area (Å²) in [7, 11) is 0. The van der Waals surface area contributed by atoms with E-state index in [2.05, 4.69) is 23.5 Å². The first-order valence-corrected chi connectivity index (χ1v) is 4.99. The molecule has 1 aromatic rings. The average Bonchev–Trinajstić information content (AvgIpc) is 2.44. The number of aliphatic hydroxyl groups excluding tert-OH is 1. The molecule has 74 valence electrons. The molecule has 0 amide bonds. The molecule has 1 heterocycles. The Morgan fingerprint density at radius 1 is 1.21 bits per heavy atom. The van der Waals surface area contributed by atoms with Crippen LogP contribution >= 0.6 is 0 Å². The molecule has 1 aliphatic rings. The molecule has 2 nitrogen and oxygen atoms in total. The molecule has 2 heteroatoms. The van der Waals surface area contributed by atoms with Crippen molar-refractivity contribution in [2.75, 3.05) is 13.1 Å². The molecule has 0 aromatic heterocycles. The first-order chi connectivity index (χ1) is 6.86. The lowest BCUT2D eigenvalue weighted by atomic mass is 10.1. The van der Waals surface area contributed by atoms with Gasteiger partial charge < -0.3 is 10.4 Å². The van der Waals surface area contributed by atoms with Gasteiger partial charge in [-0.05, 0) is 17.6 Å². The molecule has 0 fully saturated rings. The number of nitrogens with one attached hydrogen (secondary N) is 1. The van der Waals surface area contributed by atoms with Crippen molar-refractivity contribution in [2.24, 2.45) is 0 Å². The Hall–Kier alpha value is -1.12. The summed E-state index contributed by atoms with van der Waals surface area (Å²) >= 11 is 0. The van der Waals surface area contributed by atoms with E-state index in [-0.39, 0.29) is 6.10 Å². The van der Waals surface area contributed by atoms with Crippen LogP contribution in [0.2, 0.25) is 0 Å². The molecule has 0 bridgehead atoms. The second kappa shape index (κ2) is 4.40. The van der Waals surface area contributed by atoms with E-state index < -0.39 is 0 Å². The number of β-amino-alcohol motifs (C(OH)–C–C–N with tert-alkyl or cyclic N) is 1. The minimum absolute atomic E-state index is 0.240. The third kappa shape index (κ3) is 2.22. The van der Waals surface area contributed by atoms with E-state index in [1.165, 1.54) is 11.1 Å². The van der Waals surface area contributed by atoms with Crippen molar-refractivity contribution in [1.29, 1.82) is 0 Å². The van der Waals surface area contributed by atoms with Gasteiger partial charge in [0.2, 0.25) is 0 Å². The van der Waals surface area contributed by atoms with E-state index in [1.807, 2.05) is 18.2 Å². The lowest BCUT2D eigenvalue weighted by Gasteiger charge is -2.06. The fourth-order valence-corrected chi connectivity index (χ4v) is 1.68. The van der Waals surface area contributed by atoms with Crippen molar-refractivity contribution in [3.05, 3.63) is 42.0 Å². The monoisotopic (exact) mass is 189 g/mol. The summed E-state index contributed by atoms with van der Waals surface area (Å²) < 4.78 is 0. The van der Waals surface area contributed by atoms with Crippen LogP contribution in [0.25, 0.3) is 5.57 Å². The van der Waals surface area contributed by atoms with Crippen LogP contribution in [0.1, 0.15) is 12.0 Å². The third-order valence-electron chi connectivity index (χ3n) is 2.48. The Morgan fingerprint density at radius 3 is 2.79 bits per heavy atom. The number of hydrogen-bond acceptors (Lipinski definition) is 2. The maximum atomic E-state index is 9.45. The largest absolute Gasteiger partial charge is 0.391 e. The molecule has 2 rings (SSSR count). The quantitative estimate of drug-likeness (QED) is 0.700. The van der Waals surface area contributed by atoms with E-state index in [1.54, 1.807) is 0 Å². The Bertz CT molecular complexity index is 318. The first kappa shape index (κ1) is 9.44. The van der Waals surface area contributed by atoms with E-state index in [0.717, 1.165) is 13.0 Å². The van der Waals surface area contributed by atoms with E-state index in [0.29, 0.717) is 6.54 Å². The molecule has 0 spiro atoms. The van der Waals surface area contributed by atoms with Crippen LogP contribution in [0.15, 0.2) is 36.4 Å². The molecule has 2 N–H and O–H groups in total. The zero-order valence-corrected chi connectivity index (χ0v) is 8.11. The van der Waals surface area contributed by atoms with Crippen molar-refractivity contribution in [3.63, 3.8) is 0 Å². The van der Waals surface area contributed by atoms with Crippen molar-refractivity contribution < 1.29 is 5.11 Å². The Labute approximate surface area is 84.3 Å². The summed E-state index contributed by atoms with van der Waals surface area (Å²) in [4.78, 5) is 0. The lowest BCUT2D eigenvalue weighted by Crippen LogP contribution is -2.25. The Kier molecular flexibility index (Phi) is 2.96. The molecule has 1 aliphatic heterocycles. The number of aliphatic hydroxyl groups is 1. The number of benzene rings is 1. The van der Waals surface area contributed by atoms with Crippen LogP contribution < -0.4 is 5.32 Å². The van der Waals surface area contributed by atoms with Gasteiger partial charge in [-0.25, -0.2) is 0 Å². The first-order valence-electron chi connectivity index (χ1n) is 4.99. The minimum atomic E-state index is -0.240. The van der Waals surface area contributed by atoms with Gasteiger partial charge in [0.05, 0.1) is 6.10 Å². The van der Waals surface area contributed by atoms with Crippen LogP contribution in [-0.4, -0.2) is 24.3 Å². The van der Waals surface area contributed by atoms with E-state index >= 15 is 0 Å². The standard InChI is InChI=1S/C12H15NO/c14-12-7-6-11(8-13-9-12)10-4-2-1-3-5-10/h1-6,12-14H,7-9H2. The second-order valence-electron chi connectivity index (χ2n) is 3.62. The summed E-state index contributed by atoms with van der Waals surface area (Å²) in [6.07, 6.45) is 2.63. The molecule has 0 saturated heterocycles. The zero-order valence-electron chi connectivity index (χ0n) is 8.11. The molecular weight excluding hydrogens is 174 g/mol. The summed E-state index contributed by atoms with van der Waals surface area (Å²) in [5, 5.41) is 12.7. The van der Waals surface area contributed by atoms with Gasteiger partial charge in [-0.1, -0.05) is 36.4 Å². The molecule has 14 heavy (non-hydrogen) atoms. The minimum Gasteiger partial charge on any atom is -0.391 e. The van der Waals surface area contributed by atoms with Crippen LogP contribution in [0.4, 0.5) is 0 Å². The van der Waals surface area contributed by atoms with Crippen LogP contribution in [0.5, 0.6) is 0 Å². The van der Waals surface area contributed by atoms with Crippen LogP contribution in [0, 0.1) is 0 Å². The summed E-state index contributed by atoms with van der Waals surface area (Å²) in [6, 6.07) is 10.3. The van der Waals surface area contributed by atoms with Crippen LogP contribution in [0.3, 0.4) is 0 Å². The average molecular weight is 189 g/mol. The molecule has 1 aromatic carbocycles. The van der Waals surface area contributed by atoms with Crippen molar-refractivity contribution >= 4 is 5.57 Å². The highest BCUT2D eigenvalue weighted by Gasteiger charge is 2.09. The lowest BCUT2D eigenvalue weighted by molar-refractivity contribution is 0.178. The van der Waals surface area contributed by atoms with Crippen LogP contribution in [-0.2, 0) is 0 Å². The summed E-state index contributed by atoms with van der Waals surface area (Å²) in [6.45, 7) is 1.54. The molecular formula is C12H15NO. The van der Waals surface area contributed by atoms with Crippen molar-refractivity contribution in [1.82, 2.24) is 5.32 Å². The van der Waals surface area contributed by atoms with E-state index in [9.17, 15) is 5.11 Å². The molecule has 1 atom stereocenters. The van der Waals surface area contributed by atoms with Gasteiger partial charge in [0.1, 0.15) is 0 Å². The van der Waals surface area contributed by atoms with Crippen molar-refractivity contribution in [2.45, 2.75) is 12.5 Å². The van der Waals surface area contributed by atoms with Gasteiger partial charge >= 0.3 is 0 Å². The normalized spacial score (nSPS) is 22.6. The van der Waals surface area contributed by atoms with E-state index in [4.69, 9.17) is 0 Å². The Morgan fingerprint density at radius 2 is 2.00 bits per heavy atom. The topological polar surface area (TPSA) is 32.3 Å². The number of hydrogen-bond donors (Lipinski definition) is 2. The highest BCUT2D eigenvalue weighted by atomic mass is 16.3. The maximum Gasteiger partial charge on any atom is 0.0699 e. The highest BCUT2D eigenvalue weighted by molar-refractivity contribution is 5.67. The zero-order chi connectivity index (χ0) is 9.80. The van der Waals surface area contributed by atoms with Gasteiger partial charge in [-0.2, -0.15) is 0 Å². The smallest absolute Gasteiger partial charge is 0.0699 e. The van der Waals surface area contributed by atoms with Gasteiger partial charge in [-0.3, -0.25) is 0 Å². The van der Waals surface area contributed by atoms with Gasteiger partial charge in [0.25, 0.3) is 0 Å². The Balaban J connectivity index is 2.18. The predicted octanol–water partition coefficient (Wildman–Crippen LogP) is 1.42. The maximum absolute atomic E-state index is 9.45. The third-order valence-corrected chi connectivity index (χ3v) is 2.48. The molecule has 0 aliphatic carbocycles. The van der Waals surface area contributed by atoms with Gasteiger partial charge in [0, 0.05) is 13.1 Å². The van der Waals surface area contributed by atoms with Crippen molar-refractivity contribution in [3.8, 4) is 0 Å². The fraction of sp³-hybridized carbons (Fsp3) is 0.333. The van der Waals surface area contributed by atoms with Gasteiger partial charge in [0.15, 0.2) is 0 Å². The summed E-state index contributed by atoms with van der Waals surface area (Å²) in [5.74, 6) is 0. The molecule has 1 unspecified atom stereocenters. The number of rotatable bonds is 1. The SMILES string of the molecule is OC1CC=C(c2ccccc2)CNC1. The summed E-state index contributed by atoms with van der Waals surface area (Å²) in [5.41, 5.74) is 2.52. The second-order valence-corrected chi connectivity index (χ2v) is 3.62. The fourth-order valence-electron chi connectivity index (χ4n) is 1.68.